The third-order valence-corrected chi connectivity index (χ3v) is 10.9. The second-order valence-corrected chi connectivity index (χ2v) is 13.3. The fourth-order valence-corrected chi connectivity index (χ4v) is 8.22. The third-order valence-electron chi connectivity index (χ3n) is 10.4. The third kappa shape index (κ3) is 3.26. The van der Waals surface area contributed by atoms with Gasteiger partial charge in [-0.2, -0.15) is 0 Å². The van der Waals surface area contributed by atoms with Gasteiger partial charge in [-0.3, -0.25) is 0 Å². The summed E-state index contributed by atoms with van der Waals surface area (Å²) in [5, 5.41) is 0. The Hall–Kier alpha value is -2.15. The van der Waals surface area contributed by atoms with Crippen LogP contribution < -0.4 is 4.74 Å². The molecule has 2 aromatic rings. The van der Waals surface area contributed by atoms with Crippen LogP contribution in [0.15, 0.2) is 46.9 Å². The van der Waals surface area contributed by atoms with E-state index in [2.05, 4.69) is 81.8 Å². The second kappa shape index (κ2) is 8.42. The minimum atomic E-state index is -1.06. The Morgan fingerprint density at radius 1 is 1.03 bits per heavy atom. The van der Waals surface area contributed by atoms with E-state index in [9.17, 15) is 4.79 Å². The molecule has 0 radical (unpaired) electrons. The first-order valence-electron chi connectivity index (χ1n) is 13.6. The van der Waals surface area contributed by atoms with Crippen LogP contribution in [0.2, 0.25) is 0 Å². The maximum absolute atomic E-state index is 13.5. The zero-order chi connectivity index (χ0) is 27.3. The van der Waals surface area contributed by atoms with Crippen molar-refractivity contribution in [3.63, 3.8) is 0 Å². The highest BCUT2D eigenvalue weighted by molar-refractivity contribution is 9.10. The molecule has 2 saturated heterocycles. The Morgan fingerprint density at radius 3 is 2.42 bits per heavy atom. The number of esters is 1. The van der Waals surface area contributed by atoms with Crippen molar-refractivity contribution in [2.24, 2.45) is 23.2 Å². The van der Waals surface area contributed by atoms with E-state index in [1.807, 2.05) is 12.1 Å². The molecular formula is C32H37BrO5. The van der Waals surface area contributed by atoms with Crippen molar-refractivity contribution >= 4 is 28.0 Å². The lowest BCUT2D eigenvalue weighted by molar-refractivity contribution is -0.382. The molecule has 2 aliphatic heterocycles. The minimum Gasteiger partial charge on any atom is -0.496 e. The first-order valence-corrected chi connectivity index (χ1v) is 14.4. The minimum absolute atomic E-state index is 0.0145. The number of hydrogen-bond donors (Lipinski definition) is 0. The van der Waals surface area contributed by atoms with Gasteiger partial charge >= 0.3 is 5.97 Å². The van der Waals surface area contributed by atoms with E-state index in [1.165, 1.54) is 5.56 Å². The summed E-state index contributed by atoms with van der Waals surface area (Å²) in [6.07, 6.45) is 5.95. The van der Waals surface area contributed by atoms with Crippen LogP contribution in [0.1, 0.15) is 74.5 Å². The van der Waals surface area contributed by atoms with Crippen LogP contribution >= 0.6 is 15.9 Å². The molecule has 2 heterocycles. The van der Waals surface area contributed by atoms with E-state index in [0.717, 1.165) is 34.2 Å². The van der Waals surface area contributed by atoms with Gasteiger partial charge in [0.05, 0.1) is 18.3 Å². The molecule has 6 heteroatoms. The van der Waals surface area contributed by atoms with E-state index < -0.39 is 23.1 Å². The Labute approximate surface area is 234 Å². The smallest absolute Gasteiger partial charge is 0.338 e. The van der Waals surface area contributed by atoms with Crippen LogP contribution in [0, 0.1) is 30.1 Å². The standard InChI is InChI=1S/C32H37BrO5/c1-18-23-14-16-30(6)24-15-17-31(30,25(23)12-13-26(18)35-7)38-32(19(24)2)27(20(3)29(4,5)37-32)36-28(34)21-8-10-22(33)11-9-21/h8-14,16,19-20,24,27H,15,17H2,1-7H3/t19-,20-,24+,27+,30+,31-,32+/m0/s1. The van der Waals surface area contributed by atoms with Crippen molar-refractivity contribution in [2.45, 2.75) is 77.5 Å². The molecule has 0 unspecified atom stereocenters. The molecular weight excluding hydrogens is 544 g/mol. The molecule has 0 N–H and O–H groups in total. The lowest BCUT2D eigenvalue weighted by atomic mass is 9.57. The molecule has 2 aromatic carbocycles. The molecule has 3 fully saturated rings. The summed E-state index contributed by atoms with van der Waals surface area (Å²) < 4.78 is 27.4. The number of rotatable bonds is 3. The van der Waals surface area contributed by atoms with Gasteiger partial charge in [-0.15, -0.1) is 0 Å². The van der Waals surface area contributed by atoms with Crippen LogP contribution in [0.5, 0.6) is 5.75 Å². The summed E-state index contributed by atoms with van der Waals surface area (Å²) in [6, 6.07) is 11.5. The van der Waals surface area contributed by atoms with Crippen LogP contribution in [-0.2, 0) is 19.8 Å². The molecule has 2 bridgehead atoms. The van der Waals surface area contributed by atoms with Crippen LogP contribution in [0.25, 0.3) is 6.08 Å². The number of methoxy groups -OCH3 is 1. The highest BCUT2D eigenvalue weighted by atomic mass is 79.9. The zero-order valence-corrected chi connectivity index (χ0v) is 24.8. The number of carbonyl (C=O) groups excluding carboxylic acids is 1. The quantitative estimate of drug-likeness (QED) is 0.353. The largest absolute Gasteiger partial charge is 0.496 e. The maximum atomic E-state index is 13.5. The van der Waals surface area contributed by atoms with E-state index in [4.69, 9.17) is 18.9 Å². The maximum Gasteiger partial charge on any atom is 0.338 e. The monoisotopic (exact) mass is 580 g/mol. The average molecular weight is 582 g/mol. The SMILES string of the molecule is COc1ccc2c(c1C)C=C[C@]1(C)[C@@H]3CC[C@]21O[C@]1(OC(C)(C)[C@@H](C)[C@H]1OC(=O)c1ccc(Br)cc1)[C@H]3C. The van der Waals surface area contributed by atoms with Gasteiger partial charge in [0, 0.05) is 21.7 Å². The molecule has 0 aromatic heterocycles. The van der Waals surface area contributed by atoms with Crippen LogP contribution in [0.4, 0.5) is 0 Å². The van der Waals surface area contributed by atoms with Gasteiger partial charge in [0.25, 0.3) is 0 Å². The Balaban J connectivity index is 1.48. The summed E-state index contributed by atoms with van der Waals surface area (Å²) in [5.41, 5.74) is 2.62. The molecule has 0 amide bonds. The first-order chi connectivity index (χ1) is 17.9. The summed E-state index contributed by atoms with van der Waals surface area (Å²) in [4.78, 5) is 13.5. The Morgan fingerprint density at radius 2 is 1.74 bits per heavy atom. The van der Waals surface area contributed by atoms with Crippen molar-refractivity contribution in [2.75, 3.05) is 7.11 Å². The van der Waals surface area contributed by atoms with Gasteiger partial charge in [0.1, 0.15) is 11.4 Å². The van der Waals surface area contributed by atoms with E-state index in [-0.39, 0.29) is 23.2 Å². The topological polar surface area (TPSA) is 54.0 Å². The van der Waals surface area contributed by atoms with Gasteiger partial charge in [0.2, 0.25) is 5.79 Å². The van der Waals surface area contributed by atoms with Gasteiger partial charge in [-0.25, -0.2) is 4.79 Å². The van der Waals surface area contributed by atoms with E-state index in [0.29, 0.717) is 11.5 Å². The number of ether oxygens (including phenoxy) is 4. The van der Waals surface area contributed by atoms with Crippen molar-refractivity contribution < 1.29 is 23.7 Å². The highest BCUT2D eigenvalue weighted by Gasteiger charge is 2.75. The zero-order valence-electron chi connectivity index (χ0n) is 23.3. The second-order valence-electron chi connectivity index (χ2n) is 12.4. The normalized spacial score (nSPS) is 38.1. The number of halogens is 1. The van der Waals surface area contributed by atoms with Crippen LogP contribution in [-0.4, -0.2) is 30.6 Å². The van der Waals surface area contributed by atoms with E-state index in [1.54, 1.807) is 19.2 Å². The van der Waals surface area contributed by atoms with Gasteiger partial charge in [-0.1, -0.05) is 54.9 Å². The summed E-state index contributed by atoms with van der Waals surface area (Å²) in [6.45, 7) is 12.9. The number of carbonyl (C=O) groups is 1. The molecule has 202 valence electrons. The van der Waals surface area contributed by atoms with Crippen LogP contribution in [0.3, 0.4) is 0 Å². The summed E-state index contributed by atoms with van der Waals surface area (Å²) in [7, 11) is 1.71. The summed E-state index contributed by atoms with van der Waals surface area (Å²) in [5.74, 6) is -0.298. The lowest BCUT2D eigenvalue weighted by Crippen LogP contribution is -2.65. The van der Waals surface area contributed by atoms with Gasteiger partial charge in [0.15, 0.2) is 6.10 Å². The number of fused-ring (bicyclic) bond motifs is 1. The summed E-state index contributed by atoms with van der Waals surface area (Å²) >= 11 is 3.45. The fourth-order valence-electron chi connectivity index (χ4n) is 7.95. The molecule has 1 spiro atoms. The molecule has 1 saturated carbocycles. The molecule has 38 heavy (non-hydrogen) atoms. The first kappa shape index (κ1) is 26.1. The van der Waals surface area contributed by atoms with Crippen molar-refractivity contribution in [3.05, 3.63) is 69.2 Å². The van der Waals surface area contributed by atoms with Gasteiger partial charge < -0.3 is 18.9 Å². The van der Waals surface area contributed by atoms with Crippen molar-refractivity contribution in [1.29, 1.82) is 0 Å². The molecule has 5 nitrogen and oxygen atoms in total. The molecule has 7 atom stereocenters. The van der Waals surface area contributed by atoms with Gasteiger partial charge in [-0.05, 0) is 86.6 Å². The van der Waals surface area contributed by atoms with Crippen molar-refractivity contribution in [1.82, 2.24) is 0 Å². The predicted octanol–water partition coefficient (Wildman–Crippen LogP) is 7.44. The Kier molecular flexibility index (Phi) is 5.78. The molecule has 4 aliphatic rings. The van der Waals surface area contributed by atoms with E-state index >= 15 is 0 Å². The Bertz CT molecular complexity index is 1330. The average Bonchev–Trinajstić information content (AvgIpc) is 3.21. The molecule has 6 rings (SSSR count). The lowest BCUT2D eigenvalue weighted by Gasteiger charge is -2.60. The predicted molar refractivity (Wildman–Crippen MR) is 150 cm³/mol. The highest BCUT2D eigenvalue weighted by Crippen LogP contribution is 2.72. The molecule has 2 aliphatic carbocycles. The number of benzene rings is 2. The fraction of sp³-hybridized carbons (Fsp3) is 0.531. The number of hydrogen-bond acceptors (Lipinski definition) is 5. The van der Waals surface area contributed by atoms with Crippen molar-refractivity contribution in [3.8, 4) is 5.75 Å².